The summed E-state index contributed by atoms with van der Waals surface area (Å²) in [5, 5.41) is 0.909. The lowest BCUT2D eigenvalue weighted by molar-refractivity contribution is 0.985. The zero-order valence-corrected chi connectivity index (χ0v) is 8.72. The number of aromatic nitrogens is 4. The van der Waals surface area contributed by atoms with Gasteiger partial charge in [0.05, 0.1) is 12.5 Å². The molecule has 2 aromatic rings. The van der Waals surface area contributed by atoms with E-state index in [2.05, 4.69) is 38.7 Å². The lowest BCUT2D eigenvalue weighted by Crippen LogP contribution is -1.99. The van der Waals surface area contributed by atoms with Crippen LogP contribution < -0.4 is 0 Å². The zero-order valence-electron chi connectivity index (χ0n) is 7.90. The Hall–Kier alpha value is -1.10. The molecule has 4 nitrogen and oxygen atoms in total. The number of nitrogens with zero attached hydrogens (tertiary/aromatic N) is 3. The number of nitrogens with one attached hydrogen (secondary N) is 1. The topological polar surface area (TPSA) is 54.5 Å². The Morgan fingerprint density at radius 1 is 1.23 bits per heavy atom. The van der Waals surface area contributed by atoms with Gasteiger partial charge in [-0.1, -0.05) is 0 Å². The van der Waals surface area contributed by atoms with Crippen molar-refractivity contribution in [3.8, 4) is 0 Å². The van der Waals surface area contributed by atoms with Crippen LogP contribution >= 0.6 is 10.0 Å². The molecule has 0 radical (unpaired) electrons. The lowest BCUT2D eigenvalue weighted by Gasteiger charge is -2.21. The van der Waals surface area contributed by atoms with Gasteiger partial charge < -0.3 is 4.98 Å². The predicted molar refractivity (Wildman–Crippen MR) is 55.3 cm³/mol. The molecule has 0 unspecified atom stereocenters. The molecule has 2 aromatic heterocycles. The molecule has 2 rings (SSSR count). The average Bonchev–Trinajstić information content (AvgIpc) is 2.47. The fourth-order valence-electron chi connectivity index (χ4n) is 1.02. The smallest absolute Gasteiger partial charge is 0.181 e. The van der Waals surface area contributed by atoms with Gasteiger partial charge in [-0.05, 0) is 18.8 Å². The minimum atomic E-state index is -0.848. The molecule has 0 saturated heterocycles. The van der Waals surface area contributed by atoms with E-state index in [1.165, 1.54) is 0 Å². The van der Waals surface area contributed by atoms with Crippen LogP contribution in [0.5, 0.6) is 0 Å². The van der Waals surface area contributed by atoms with Crippen LogP contribution in [-0.4, -0.2) is 38.7 Å². The molecule has 5 heteroatoms. The zero-order chi connectivity index (χ0) is 9.47. The van der Waals surface area contributed by atoms with Crippen molar-refractivity contribution >= 4 is 21.2 Å². The van der Waals surface area contributed by atoms with Gasteiger partial charge in [-0.3, -0.25) is 0 Å². The van der Waals surface area contributed by atoms with Crippen molar-refractivity contribution in [3.05, 3.63) is 12.5 Å². The summed E-state index contributed by atoms with van der Waals surface area (Å²) < 4.78 is 0. The fourth-order valence-corrected chi connectivity index (χ4v) is 1.74. The van der Waals surface area contributed by atoms with E-state index in [1.54, 1.807) is 12.5 Å². The van der Waals surface area contributed by atoms with Gasteiger partial charge in [0.2, 0.25) is 0 Å². The van der Waals surface area contributed by atoms with E-state index < -0.39 is 10.0 Å². The van der Waals surface area contributed by atoms with Gasteiger partial charge in [0.15, 0.2) is 10.8 Å². The molecule has 0 aliphatic carbocycles. The molecule has 0 aromatic carbocycles. The van der Waals surface area contributed by atoms with Gasteiger partial charge in [0, 0.05) is 0 Å². The second-order valence-corrected chi connectivity index (χ2v) is 7.67. The van der Waals surface area contributed by atoms with Crippen molar-refractivity contribution in [2.24, 2.45) is 0 Å². The quantitative estimate of drug-likeness (QED) is 0.701. The Morgan fingerprint density at radius 3 is 2.69 bits per heavy atom. The molecule has 0 aliphatic rings. The first kappa shape index (κ1) is 8.50. The van der Waals surface area contributed by atoms with Crippen LogP contribution in [0.4, 0.5) is 0 Å². The normalized spacial score (nSPS) is 13.5. The molecule has 0 atom stereocenters. The van der Waals surface area contributed by atoms with Crippen molar-refractivity contribution in [2.75, 3.05) is 18.8 Å². The van der Waals surface area contributed by atoms with Crippen molar-refractivity contribution in [1.82, 2.24) is 19.9 Å². The van der Waals surface area contributed by atoms with Crippen LogP contribution in [0, 0.1) is 0 Å². The van der Waals surface area contributed by atoms with Crippen molar-refractivity contribution < 1.29 is 0 Å². The summed E-state index contributed by atoms with van der Waals surface area (Å²) in [4.78, 5) is 15.8. The van der Waals surface area contributed by atoms with E-state index >= 15 is 0 Å². The molecule has 13 heavy (non-hydrogen) atoms. The number of hydrogen-bond donors (Lipinski definition) is 1. The maximum absolute atomic E-state index is 4.39. The summed E-state index contributed by atoms with van der Waals surface area (Å²) in [6.45, 7) is 0. The van der Waals surface area contributed by atoms with Crippen molar-refractivity contribution in [1.29, 1.82) is 0 Å². The summed E-state index contributed by atoms with van der Waals surface area (Å²) in [5.74, 6) is 0. The Kier molecular flexibility index (Phi) is 1.76. The number of fused-ring (bicyclic) bond motifs is 1. The molecule has 0 saturated carbocycles. The highest BCUT2D eigenvalue weighted by Crippen LogP contribution is 2.42. The second kappa shape index (κ2) is 2.70. The van der Waals surface area contributed by atoms with Crippen LogP contribution in [0.3, 0.4) is 0 Å². The lowest BCUT2D eigenvalue weighted by atomic mass is 10.6. The molecule has 0 bridgehead atoms. The molecule has 0 aliphatic heterocycles. The number of rotatable bonds is 1. The van der Waals surface area contributed by atoms with E-state index in [0.717, 1.165) is 16.3 Å². The number of aromatic amines is 1. The summed E-state index contributed by atoms with van der Waals surface area (Å²) >= 11 is 0. The Bertz CT molecular complexity index is 429. The van der Waals surface area contributed by atoms with Crippen LogP contribution in [-0.2, 0) is 0 Å². The highest BCUT2D eigenvalue weighted by Gasteiger charge is 2.12. The number of imidazole rings is 1. The highest BCUT2D eigenvalue weighted by atomic mass is 32.3. The third kappa shape index (κ3) is 1.51. The Morgan fingerprint density at radius 2 is 2.00 bits per heavy atom. The van der Waals surface area contributed by atoms with E-state index in [0.29, 0.717) is 0 Å². The van der Waals surface area contributed by atoms with Crippen LogP contribution in [0.1, 0.15) is 0 Å². The largest absolute Gasteiger partial charge is 0.342 e. The third-order valence-corrected chi connectivity index (χ3v) is 2.99. The maximum Gasteiger partial charge on any atom is 0.181 e. The minimum absolute atomic E-state index is 0.757. The van der Waals surface area contributed by atoms with Crippen LogP contribution in [0.15, 0.2) is 17.7 Å². The van der Waals surface area contributed by atoms with Gasteiger partial charge in [-0.15, -0.1) is 0 Å². The van der Waals surface area contributed by atoms with Crippen molar-refractivity contribution in [3.63, 3.8) is 0 Å². The van der Waals surface area contributed by atoms with Gasteiger partial charge in [0.25, 0.3) is 0 Å². The number of H-pyrrole nitrogens is 1. The van der Waals surface area contributed by atoms with Gasteiger partial charge in [-0.2, -0.15) is 10.0 Å². The summed E-state index contributed by atoms with van der Waals surface area (Å²) in [6, 6.07) is 0. The molecule has 0 spiro atoms. The van der Waals surface area contributed by atoms with E-state index in [4.69, 9.17) is 0 Å². The van der Waals surface area contributed by atoms with E-state index in [9.17, 15) is 0 Å². The summed E-state index contributed by atoms with van der Waals surface area (Å²) in [6.07, 6.45) is 9.94. The average molecular weight is 196 g/mol. The van der Waals surface area contributed by atoms with E-state index in [1.807, 2.05) is 0 Å². The monoisotopic (exact) mass is 196 g/mol. The van der Waals surface area contributed by atoms with Gasteiger partial charge in [0.1, 0.15) is 5.52 Å². The number of hydrogen-bond acceptors (Lipinski definition) is 3. The Balaban J connectivity index is 2.61. The molecule has 2 heterocycles. The highest BCUT2D eigenvalue weighted by molar-refractivity contribution is 8.32. The second-order valence-electron chi connectivity index (χ2n) is 3.63. The fraction of sp³-hybridized carbons (Fsp3) is 0.375. The van der Waals surface area contributed by atoms with Crippen molar-refractivity contribution in [2.45, 2.75) is 5.16 Å². The third-order valence-electron chi connectivity index (χ3n) is 1.70. The standard InChI is InChI=1S/C8H12N4S/c1-13(2,3)8-9-4-6-7(12-8)11-5-10-6/h4-5H,1-3H3,(H,9,10,11,12). The first-order valence-corrected chi connectivity index (χ1v) is 6.77. The summed E-state index contributed by atoms with van der Waals surface area (Å²) in [5.41, 5.74) is 1.65. The molecule has 1 N–H and O–H groups in total. The van der Waals surface area contributed by atoms with Crippen LogP contribution in [0.25, 0.3) is 11.2 Å². The molecular weight excluding hydrogens is 184 g/mol. The van der Waals surface area contributed by atoms with Crippen LogP contribution in [0.2, 0.25) is 0 Å². The molecule has 0 amide bonds. The van der Waals surface area contributed by atoms with E-state index in [-0.39, 0.29) is 0 Å². The molecule has 70 valence electrons. The maximum atomic E-state index is 4.39. The summed E-state index contributed by atoms with van der Waals surface area (Å²) in [7, 11) is -0.848. The predicted octanol–water partition coefficient (Wildman–Crippen LogP) is 1.41. The molecular formula is C8H12N4S. The van der Waals surface area contributed by atoms with Gasteiger partial charge in [-0.25, -0.2) is 15.0 Å². The molecule has 0 fully saturated rings. The SMILES string of the molecule is CS(C)(C)c1ncc2[nH]cnc2n1. The first-order valence-electron chi connectivity index (χ1n) is 3.92. The van der Waals surface area contributed by atoms with Gasteiger partial charge >= 0.3 is 0 Å². The first-order chi connectivity index (χ1) is 6.07. The Labute approximate surface area is 78.1 Å². The minimum Gasteiger partial charge on any atom is -0.342 e.